The lowest BCUT2D eigenvalue weighted by molar-refractivity contribution is -0.144. The van der Waals surface area contributed by atoms with Gasteiger partial charge in [0.1, 0.15) is 6.04 Å². The van der Waals surface area contributed by atoms with Crippen molar-refractivity contribution in [3.63, 3.8) is 0 Å². The zero-order valence-electron chi connectivity index (χ0n) is 10.9. The maximum atomic E-state index is 12.3. The summed E-state index contributed by atoms with van der Waals surface area (Å²) in [6.07, 6.45) is 2.83. The Labute approximate surface area is 116 Å². The lowest BCUT2D eigenvalue weighted by atomic mass is 10.1. The first-order valence-electron chi connectivity index (χ1n) is 6.62. The number of amides is 2. The molecule has 1 unspecified atom stereocenters. The second-order valence-electron chi connectivity index (χ2n) is 5.25. The molecule has 1 saturated heterocycles. The van der Waals surface area contributed by atoms with Crippen molar-refractivity contribution < 1.29 is 9.59 Å². The van der Waals surface area contributed by atoms with Crippen molar-refractivity contribution in [3.05, 3.63) is 16.1 Å². The second kappa shape index (κ2) is 4.92. The van der Waals surface area contributed by atoms with Gasteiger partial charge in [-0.2, -0.15) is 0 Å². The third kappa shape index (κ3) is 2.78. The predicted molar refractivity (Wildman–Crippen MR) is 71.8 cm³/mol. The molecular weight excluding hydrogens is 262 g/mol. The Balaban J connectivity index is 1.62. The van der Waals surface area contributed by atoms with Gasteiger partial charge in [0.2, 0.25) is 11.8 Å². The topological polar surface area (TPSA) is 62.3 Å². The molecule has 1 aromatic heterocycles. The van der Waals surface area contributed by atoms with Gasteiger partial charge in [-0.15, -0.1) is 11.3 Å². The van der Waals surface area contributed by atoms with Crippen molar-refractivity contribution in [3.8, 4) is 0 Å². The zero-order valence-corrected chi connectivity index (χ0v) is 11.7. The SMILES string of the molecule is Cc1nc(CCN2CC(=O)NC(C3CC3)C2=O)cs1. The summed E-state index contributed by atoms with van der Waals surface area (Å²) in [6, 6.07) is -0.279. The Kier molecular flexibility index (Phi) is 3.26. The van der Waals surface area contributed by atoms with Gasteiger partial charge in [-0.3, -0.25) is 9.59 Å². The average Bonchev–Trinajstić information content (AvgIpc) is 3.13. The highest BCUT2D eigenvalue weighted by molar-refractivity contribution is 7.09. The van der Waals surface area contributed by atoms with Crippen LogP contribution in [0, 0.1) is 12.8 Å². The van der Waals surface area contributed by atoms with E-state index in [-0.39, 0.29) is 24.4 Å². The van der Waals surface area contributed by atoms with Crippen LogP contribution in [0.15, 0.2) is 5.38 Å². The summed E-state index contributed by atoms with van der Waals surface area (Å²) < 4.78 is 0. The Hall–Kier alpha value is -1.43. The van der Waals surface area contributed by atoms with E-state index in [9.17, 15) is 9.59 Å². The summed E-state index contributed by atoms with van der Waals surface area (Å²) in [5, 5.41) is 5.87. The van der Waals surface area contributed by atoms with E-state index < -0.39 is 0 Å². The van der Waals surface area contributed by atoms with E-state index in [4.69, 9.17) is 0 Å². The van der Waals surface area contributed by atoms with E-state index in [1.807, 2.05) is 12.3 Å². The Morgan fingerprint density at radius 1 is 1.47 bits per heavy atom. The lowest BCUT2D eigenvalue weighted by Gasteiger charge is -2.32. The molecule has 1 aliphatic heterocycles. The number of aromatic nitrogens is 1. The summed E-state index contributed by atoms with van der Waals surface area (Å²) in [5.74, 6) is 0.403. The number of thiazole rings is 1. The summed E-state index contributed by atoms with van der Waals surface area (Å²) in [5.41, 5.74) is 1.00. The zero-order chi connectivity index (χ0) is 13.4. The van der Waals surface area contributed by atoms with E-state index in [0.717, 1.165) is 30.0 Å². The van der Waals surface area contributed by atoms with Crippen LogP contribution in [0.3, 0.4) is 0 Å². The molecule has 0 aromatic carbocycles. The number of hydrogen-bond acceptors (Lipinski definition) is 4. The summed E-state index contributed by atoms with van der Waals surface area (Å²) >= 11 is 1.61. The molecule has 0 bridgehead atoms. The van der Waals surface area contributed by atoms with Crippen LogP contribution in [0.2, 0.25) is 0 Å². The minimum Gasteiger partial charge on any atom is -0.342 e. The molecule has 0 radical (unpaired) electrons. The molecule has 6 heteroatoms. The summed E-state index contributed by atoms with van der Waals surface area (Å²) in [7, 11) is 0. The van der Waals surface area contributed by atoms with Crippen molar-refractivity contribution in [1.82, 2.24) is 15.2 Å². The van der Waals surface area contributed by atoms with Crippen molar-refractivity contribution in [2.75, 3.05) is 13.1 Å². The molecule has 3 rings (SSSR count). The molecule has 0 spiro atoms. The van der Waals surface area contributed by atoms with Crippen molar-refractivity contribution in [2.45, 2.75) is 32.2 Å². The van der Waals surface area contributed by atoms with Crippen LogP contribution in [0.25, 0.3) is 0 Å². The van der Waals surface area contributed by atoms with Crippen LogP contribution < -0.4 is 5.32 Å². The van der Waals surface area contributed by atoms with Crippen LogP contribution in [-0.2, 0) is 16.0 Å². The number of hydrogen-bond donors (Lipinski definition) is 1. The second-order valence-corrected chi connectivity index (χ2v) is 6.31. The highest BCUT2D eigenvalue weighted by Gasteiger charge is 2.42. The fraction of sp³-hybridized carbons (Fsp3) is 0.615. The van der Waals surface area contributed by atoms with Gasteiger partial charge < -0.3 is 10.2 Å². The molecule has 1 saturated carbocycles. The summed E-state index contributed by atoms with van der Waals surface area (Å²) in [4.78, 5) is 30.0. The molecule has 2 heterocycles. The first-order chi connectivity index (χ1) is 9.13. The van der Waals surface area contributed by atoms with Gasteiger partial charge >= 0.3 is 0 Å². The number of carbonyl (C=O) groups excluding carboxylic acids is 2. The molecule has 2 fully saturated rings. The molecule has 5 nitrogen and oxygen atoms in total. The van der Waals surface area contributed by atoms with E-state index in [1.165, 1.54) is 0 Å². The smallest absolute Gasteiger partial charge is 0.245 e. The number of piperazine rings is 1. The number of rotatable bonds is 4. The van der Waals surface area contributed by atoms with Gasteiger partial charge in [-0.25, -0.2) is 4.98 Å². The molecule has 2 amide bonds. The average molecular weight is 279 g/mol. The minimum absolute atomic E-state index is 0.0361. The quantitative estimate of drug-likeness (QED) is 0.884. The maximum absolute atomic E-state index is 12.3. The van der Waals surface area contributed by atoms with Gasteiger partial charge in [0.15, 0.2) is 0 Å². The lowest BCUT2D eigenvalue weighted by Crippen LogP contribution is -2.59. The first-order valence-corrected chi connectivity index (χ1v) is 7.50. The van der Waals surface area contributed by atoms with Gasteiger partial charge in [0.25, 0.3) is 0 Å². The van der Waals surface area contributed by atoms with Crippen LogP contribution in [-0.4, -0.2) is 40.8 Å². The highest BCUT2D eigenvalue weighted by atomic mass is 32.1. The van der Waals surface area contributed by atoms with Crippen molar-refractivity contribution in [2.24, 2.45) is 5.92 Å². The largest absolute Gasteiger partial charge is 0.342 e. The normalized spacial score (nSPS) is 23.6. The highest BCUT2D eigenvalue weighted by Crippen LogP contribution is 2.34. The number of carbonyl (C=O) groups is 2. The molecular formula is C13H17N3O2S. The Morgan fingerprint density at radius 3 is 2.89 bits per heavy atom. The fourth-order valence-corrected chi connectivity index (χ4v) is 3.09. The first kappa shape index (κ1) is 12.6. The van der Waals surface area contributed by atoms with Crippen molar-refractivity contribution >= 4 is 23.2 Å². The van der Waals surface area contributed by atoms with E-state index in [1.54, 1.807) is 16.2 Å². The third-order valence-electron chi connectivity index (χ3n) is 3.63. The summed E-state index contributed by atoms with van der Waals surface area (Å²) in [6.45, 7) is 2.74. The monoisotopic (exact) mass is 279 g/mol. The minimum atomic E-state index is -0.279. The van der Waals surface area contributed by atoms with Crippen LogP contribution >= 0.6 is 11.3 Å². The van der Waals surface area contributed by atoms with Crippen LogP contribution in [0.5, 0.6) is 0 Å². The molecule has 1 aromatic rings. The van der Waals surface area contributed by atoms with E-state index >= 15 is 0 Å². The maximum Gasteiger partial charge on any atom is 0.245 e. The fourth-order valence-electron chi connectivity index (χ4n) is 2.44. The van der Waals surface area contributed by atoms with Gasteiger partial charge in [-0.05, 0) is 25.7 Å². The molecule has 102 valence electrons. The third-order valence-corrected chi connectivity index (χ3v) is 4.45. The van der Waals surface area contributed by atoms with E-state index in [2.05, 4.69) is 10.3 Å². The number of nitrogens with one attached hydrogen (secondary N) is 1. The van der Waals surface area contributed by atoms with Crippen molar-refractivity contribution in [1.29, 1.82) is 0 Å². The number of nitrogens with zero attached hydrogens (tertiary/aromatic N) is 2. The number of aryl methyl sites for hydroxylation is 1. The predicted octanol–water partition coefficient (Wildman–Crippen LogP) is 0.731. The van der Waals surface area contributed by atoms with Gasteiger partial charge in [-0.1, -0.05) is 0 Å². The molecule has 1 atom stereocenters. The van der Waals surface area contributed by atoms with Crippen LogP contribution in [0.4, 0.5) is 0 Å². The Bertz CT molecular complexity index is 510. The Morgan fingerprint density at radius 2 is 2.26 bits per heavy atom. The van der Waals surface area contributed by atoms with Gasteiger partial charge in [0, 0.05) is 18.3 Å². The molecule has 1 aliphatic carbocycles. The molecule has 19 heavy (non-hydrogen) atoms. The van der Waals surface area contributed by atoms with Gasteiger partial charge in [0.05, 0.1) is 17.2 Å². The molecule has 1 N–H and O–H groups in total. The standard InChI is InChI=1S/C13H17N3O2S/c1-8-14-10(7-19-8)4-5-16-6-11(17)15-12(13(16)18)9-2-3-9/h7,9,12H,2-6H2,1H3,(H,15,17). The van der Waals surface area contributed by atoms with Crippen LogP contribution in [0.1, 0.15) is 23.5 Å². The molecule has 2 aliphatic rings. The van der Waals surface area contributed by atoms with E-state index in [0.29, 0.717) is 12.5 Å².